The molecular formula is C10H6Cl2N2O2. The van der Waals surface area contributed by atoms with Gasteiger partial charge in [0.25, 0.3) is 5.91 Å². The minimum absolute atomic E-state index is 0.163. The Morgan fingerprint density at radius 2 is 2.00 bits per heavy atom. The summed E-state index contributed by atoms with van der Waals surface area (Å²) in [6.07, 6.45) is 2.41. The maximum absolute atomic E-state index is 11.6. The van der Waals surface area contributed by atoms with Gasteiger partial charge >= 0.3 is 0 Å². The summed E-state index contributed by atoms with van der Waals surface area (Å²) in [5.41, 5.74) is 0.523. The number of rotatable bonds is 2. The lowest BCUT2D eigenvalue weighted by Crippen LogP contribution is -2.12. The van der Waals surface area contributed by atoms with E-state index in [-0.39, 0.29) is 5.69 Å². The van der Waals surface area contributed by atoms with Crippen LogP contribution in [0.4, 0.5) is 5.69 Å². The number of hydrogen-bond donors (Lipinski definition) is 1. The van der Waals surface area contributed by atoms with Crippen molar-refractivity contribution in [2.45, 2.75) is 0 Å². The smallest absolute Gasteiger partial charge is 0.277 e. The van der Waals surface area contributed by atoms with E-state index in [1.807, 2.05) is 0 Å². The molecule has 0 aliphatic rings. The zero-order chi connectivity index (χ0) is 11.5. The highest BCUT2D eigenvalue weighted by molar-refractivity contribution is 6.39. The highest BCUT2D eigenvalue weighted by Gasteiger charge is 2.13. The molecule has 0 saturated carbocycles. The minimum Gasteiger partial charge on any atom is -0.451 e. The molecule has 0 atom stereocenters. The van der Waals surface area contributed by atoms with Crippen LogP contribution in [0, 0.1) is 0 Å². The van der Waals surface area contributed by atoms with Crippen molar-refractivity contribution in [1.29, 1.82) is 0 Å². The van der Waals surface area contributed by atoms with Gasteiger partial charge in [0.2, 0.25) is 0 Å². The predicted molar refractivity (Wildman–Crippen MR) is 60.9 cm³/mol. The Hall–Kier alpha value is -1.52. The molecule has 0 fully saturated rings. The molecule has 1 aromatic carbocycles. The van der Waals surface area contributed by atoms with Gasteiger partial charge in [-0.05, 0) is 12.1 Å². The van der Waals surface area contributed by atoms with Gasteiger partial charge in [-0.15, -0.1) is 0 Å². The van der Waals surface area contributed by atoms with Crippen LogP contribution in [-0.2, 0) is 0 Å². The molecule has 2 rings (SSSR count). The lowest BCUT2D eigenvalue weighted by Gasteiger charge is -2.06. The van der Waals surface area contributed by atoms with Gasteiger partial charge in [0.15, 0.2) is 12.1 Å². The Kier molecular flexibility index (Phi) is 3.12. The van der Waals surface area contributed by atoms with Crippen molar-refractivity contribution in [3.8, 4) is 0 Å². The fourth-order valence-corrected chi connectivity index (χ4v) is 1.61. The summed E-state index contributed by atoms with van der Waals surface area (Å²) < 4.78 is 4.70. The largest absolute Gasteiger partial charge is 0.451 e. The Morgan fingerprint density at radius 1 is 1.31 bits per heavy atom. The van der Waals surface area contributed by atoms with Gasteiger partial charge < -0.3 is 9.73 Å². The van der Waals surface area contributed by atoms with Crippen LogP contribution >= 0.6 is 23.2 Å². The number of anilines is 1. The van der Waals surface area contributed by atoms with Crippen molar-refractivity contribution in [3.05, 3.63) is 46.6 Å². The molecule has 82 valence electrons. The molecule has 0 bridgehead atoms. The number of carbonyl (C=O) groups excluding carboxylic acids is 1. The van der Waals surface area contributed by atoms with E-state index in [9.17, 15) is 4.79 Å². The van der Waals surface area contributed by atoms with E-state index in [0.717, 1.165) is 0 Å². The lowest BCUT2D eigenvalue weighted by molar-refractivity contribution is 0.102. The van der Waals surface area contributed by atoms with Crippen LogP contribution in [-0.4, -0.2) is 10.9 Å². The summed E-state index contributed by atoms with van der Waals surface area (Å²) in [6.45, 7) is 0. The van der Waals surface area contributed by atoms with E-state index in [1.54, 1.807) is 18.2 Å². The predicted octanol–water partition coefficient (Wildman–Crippen LogP) is 3.23. The average molecular weight is 257 g/mol. The first kappa shape index (κ1) is 11.0. The third-order valence-electron chi connectivity index (χ3n) is 1.87. The van der Waals surface area contributed by atoms with Crippen LogP contribution in [0.15, 0.2) is 35.3 Å². The Labute approximate surface area is 101 Å². The second kappa shape index (κ2) is 4.55. The summed E-state index contributed by atoms with van der Waals surface area (Å²) in [5.74, 6) is -0.427. The van der Waals surface area contributed by atoms with E-state index < -0.39 is 5.91 Å². The summed E-state index contributed by atoms with van der Waals surface area (Å²) >= 11 is 11.8. The number of amides is 1. The van der Waals surface area contributed by atoms with Crippen molar-refractivity contribution >= 4 is 34.8 Å². The first-order valence-electron chi connectivity index (χ1n) is 4.32. The molecule has 0 spiro atoms. The van der Waals surface area contributed by atoms with Gasteiger partial charge in [0.05, 0.1) is 15.7 Å². The van der Waals surface area contributed by atoms with E-state index in [0.29, 0.717) is 15.7 Å². The molecule has 0 aliphatic heterocycles. The van der Waals surface area contributed by atoms with E-state index in [2.05, 4.69) is 10.3 Å². The number of halogens is 2. The Bertz CT molecular complexity index is 491. The van der Waals surface area contributed by atoms with Crippen molar-refractivity contribution in [1.82, 2.24) is 4.98 Å². The third-order valence-corrected chi connectivity index (χ3v) is 2.50. The highest BCUT2D eigenvalue weighted by Crippen LogP contribution is 2.29. The molecule has 4 nitrogen and oxygen atoms in total. The van der Waals surface area contributed by atoms with Gasteiger partial charge in [-0.25, -0.2) is 4.98 Å². The van der Waals surface area contributed by atoms with E-state index in [1.165, 1.54) is 12.7 Å². The first-order chi connectivity index (χ1) is 7.68. The summed E-state index contributed by atoms with van der Waals surface area (Å²) in [4.78, 5) is 15.3. The van der Waals surface area contributed by atoms with E-state index >= 15 is 0 Å². The zero-order valence-electron chi connectivity index (χ0n) is 7.91. The molecule has 0 radical (unpaired) electrons. The number of carbonyl (C=O) groups is 1. The third kappa shape index (κ3) is 2.18. The molecule has 2 aromatic rings. The molecule has 0 saturated heterocycles. The fraction of sp³-hybridized carbons (Fsp3) is 0. The average Bonchev–Trinajstić information content (AvgIpc) is 2.76. The summed E-state index contributed by atoms with van der Waals surface area (Å²) in [6, 6.07) is 4.95. The Morgan fingerprint density at radius 3 is 2.56 bits per heavy atom. The topological polar surface area (TPSA) is 55.1 Å². The highest BCUT2D eigenvalue weighted by atomic mass is 35.5. The number of oxazole rings is 1. The van der Waals surface area contributed by atoms with Crippen LogP contribution in [0.5, 0.6) is 0 Å². The molecule has 1 amide bonds. The second-order valence-corrected chi connectivity index (χ2v) is 3.74. The molecule has 16 heavy (non-hydrogen) atoms. The monoisotopic (exact) mass is 256 g/mol. The van der Waals surface area contributed by atoms with Crippen LogP contribution in [0.25, 0.3) is 0 Å². The number of hydrogen-bond acceptors (Lipinski definition) is 3. The molecule has 1 heterocycles. The maximum Gasteiger partial charge on any atom is 0.277 e. The van der Waals surface area contributed by atoms with Gasteiger partial charge in [-0.1, -0.05) is 29.3 Å². The second-order valence-electron chi connectivity index (χ2n) is 2.92. The van der Waals surface area contributed by atoms with E-state index in [4.69, 9.17) is 27.6 Å². The number of benzene rings is 1. The van der Waals surface area contributed by atoms with Crippen molar-refractivity contribution < 1.29 is 9.21 Å². The minimum atomic E-state index is -0.427. The Balaban J connectivity index is 2.25. The summed E-state index contributed by atoms with van der Waals surface area (Å²) in [7, 11) is 0. The normalized spacial score (nSPS) is 10.1. The van der Waals surface area contributed by atoms with Gasteiger partial charge in [-0.3, -0.25) is 4.79 Å². The van der Waals surface area contributed by atoms with Crippen LogP contribution in [0.3, 0.4) is 0 Å². The van der Waals surface area contributed by atoms with Crippen molar-refractivity contribution in [2.24, 2.45) is 0 Å². The quantitative estimate of drug-likeness (QED) is 0.898. The standard InChI is InChI=1S/C10H6Cl2N2O2/c11-6-2-1-3-7(12)9(6)14-10(15)8-4-16-5-13-8/h1-5H,(H,14,15). The number of aromatic nitrogens is 1. The van der Waals surface area contributed by atoms with Gasteiger partial charge in [0, 0.05) is 0 Å². The first-order valence-corrected chi connectivity index (χ1v) is 5.07. The van der Waals surface area contributed by atoms with Crippen LogP contribution in [0.2, 0.25) is 10.0 Å². The van der Waals surface area contributed by atoms with Crippen LogP contribution in [0.1, 0.15) is 10.5 Å². The van der Waals surface area contributed by atoms with Gasteiger partial charge in [0.1, 0.15) is 6.26 Å². The maximum atomic E-state index is 11.6. The fourth-order valence-electron chi connectivity index (χ4n) is 1.12. The lowest BCUT2D eigenvalue weighted by atomic mass is 10.3. The molecule has 0 aliphatic carbocycles. The van der Waals surface area contributed by atoms with Crippen molar-refractivity contribution in [2.75, 3.05) is 5.32 Å². The van der Waals surface area contributed by atoms with Crippen molar-refractivity contribution in [3.63, 3.8) is 0 Å². The molecule has 6 heteroatoms. The number of nitrogens with one attached hydrogen (secondary N) is 1. The molecule has 1 N–H and O–H groups in total. The molecule has 0 unspecified atom stereocenters. The molecule has 1 aromatic heterocycles. The van der Waals surface area contributed by atoms with Gasteiger partial charge in [-0.2, -0.15) is 0 Å². The molecular weight excluding hydrogens is 251 g/mol. The number of para-hydroxylation sites is 1. The number of nitrogens with zero attached hydrogens (tertiary/aromatic N) is 1. The SMILES string of the molecule is O=C(Nc1c(Cl)cccc1Cl)c1cocn1. The summed E-state index contributed by atoms with van der Waals surface area (Å²) in [5, 5.41) is 3.29. The zero-order valence-corrected chi connectivity index (χ0v) is 9.42. The van der Waals surface area contributed by atoms with Crippen LogP contribution < -0.4 is 5.32 Å².